The number of benzene rings is 3. The molecular formula is C23H17Cl2NO3. The summed E-state index contributed by atoms with van der Waals surface area (Å²) in [5, 5.41) is 11.9. The number of ketones is 1. The summed E-state index contributed by atoms with van der Waals surface area (Å²) in [5.41, 5.74) is 0.201. The monoisotopic (exact) mass is 425 g/mol. The van der Waals surface area contributed by atoms with Crippen LogP contribution in [0, 0.1) is 0 Å². The van der Waals surface area contributed by atoms with Crippen molar-refractivity contribution < 1.29 is 14.7 Å². The molecule has 3 aromatic carbocycles. The number of para-hydroxylation sites is 1. The van der Waals surface area contributed by atoms with Gasteiger partial charge >= 0.3 is 0 Å². The molecule has 4 rings (SSSR count). The standard InChI is InChI=1S/C23H17Cl2NO3/c24-16-10-11-17(19(25)12-16)21(27)13-23(29)18-8-4-5-9-20(18)26(22(23)28)14-15-6-2-1-3-7-15/h1-12,29H,13-14H2. The highest BCUT2D eigenvalue weighted by atomic mass is 35.5. The summed E-state index contributed by atoms with van der Waals surface area (Å²) in [4.78, 5) is 27.7. The van der Waals surface area contributed by atoms with Crippen LogP contribution in [0.5, 0.6) is 0 Å². The smallest absolute Gasteiger partial charge is 0.264 e. The second-order valence-electron chi connectivity index (χ2n) is 6.98. The maximum atomic E-state index is 13.3. The molecule has 1 amide bonds. The maximum Gasteiger partial charge on any atom is 0.264 e. The molecule has 6 heteroatoms. The third-order valence-electron chi connectivity index (χ3n) is 5.07. The molecule has 1 aliphatic rings. The molecule has 3 aromatic rings. The van der Waals surface area contributed by atoms with E-state index in [-0.39, 0.29) is 10.6 Å². The average Bonchev–Trinajstić information content (AvgIpc) is 2.91. The fourth-order valence-corrected chi connectivity index (χ4v) is 4.16. The summed E-state index contributed by atoms with van der Waals surface area (Å²) in [6.07, 6.45) is -0.407. The van der Waals surface area contributed by atoms with Crippen LogP contribution in [-0.2, 0) is 16.9 Å². The van der Waals surface area contributed by atoms with Crippen LogP contribution in [0.2, 0.25) is 10.0 Å². The van der Waals surface area contributed by atoms with Crippen molar-refractivity contribution in [3.05, 3.63) is 99.5 Å². The Morgan fingerprint density at radius 2 is 1.66 bits per heavy atom. The van der Waals surface area contributed by atoms with E-state index in [0.29, 0.717) is 22.8 Å². The first-order chi connectivity index (χ1) is 13.9. The molecule has 0 radical (unpaired) electrons. The molecule has 0 bridgehead atoms. The molecule has 0 aromatic heterocycles. The van der Waals surface area contributed by atoms with Crippen molar-refractivity contribution in [2.24, 2.45) is 0 Å². The Morgan fingerprint density at radius 3 is 2.38 bits per heavy atom. The topological polar surface area (TPSA) is 57.6 Å². The van der Waals surface area contributed by atoms with Gasteiger partial charge in [0.25, 0.3) is 5.91 Å². The third kappa shape index (κ3) is 3.55. The number of Topliss-reactive ketones (excluding diaryl/α,β-unsaturated/α-hetero) is 1. The highest BCUT2D eigenvalue weighted by Crippen LogP contribution is 2.43. The van der Waals surface area contributed by atoms with E-state index in [0.717, 1.165) is 5.56 Å². The van der Waals surface area contributed by atoms with Crippen molar-refractivity contribution in [2.45, 2.75) is 18.6 Å². The number of hydrogen-bond donors (Lipinski definition) is 1. The lowest BCUT2D eigenvalue weighted by Gasteiger charge is -2.23. The molecule has 146 valence electrons. The zero-order chi connectivity index (χ0) is 20.6. The first kappa shape index (κ1) is 19.6. The van der Waals surface area contributed by atoms with Crippen LogP contribution in [-0.4, -0.2) is 16.8 Å². The Morgan fingerprint density at radius 1 is 0.966 bits per heavy atom. The first-order valence-electron chi connectivity index (χ1n) is 9.06. The molecule has 0 saturated carbocycles. The Labute approximate surface area is 178 Å². The number of anilines is 1. The van der Waals surface area contributed by atoms with Gasteiger partial charge in [0.1, 0.15) is 0 Å². The van der Waals surface area contributed by atoms with Crippen LogP contribution >= 0.6 is 23.2 Å². The van der Waals surface area contributed by atoms with Crippen LogP contribution in [0.15, 0.2) is 72.8 Å². The molecule has 0 saturated heterocycles. The summed E-state index contributed by atoms with van der Waals surface area (Å²) in [7, 11) is 0. The lowest BCUT2D eigenvalue weighted by atomic mass is 9.88. The van der Waals surface area contributed by atoms with Crippen molar-refractivity contribution in [3.8, 4) is 0 Å². The number of aliphatic hydroxyl groups is 1. The average molecular weight is 426 g/mol. The fraction of sp³-hybridized carbons (Fsp3) is 0.130. The van der Waals surface area contributed by atoms with Crippen molar-refractivity contribution in [1.82, 2.24) is 0 Å². The molecule has 1 aliphatic heterocycles. The van der Waals surface area contributed by atoms with Gasteiger partial charge in [0, 0.05) is 16.1 Å². The number of rotatable bonds is 5. The minimum Gasteiger partial charge on any atom is -0.375 e. The molecule has 0 fully saturated rings. The van der Waals surface area contributed by atoms with Crippen LogP contribution in [0.4, 0.5) is 5.69 Å². The normalized spacial score (nSPS) is 18.0. The number of fused-ring (bicyclic) bond motifs is 1. The third-order valence-corrected chi connectivity index (χ3v) is 5.62. The van der Waals surface area contributed by atoms with E-state index in [2.05, 4.69) is 0 Å². The molecular weight excluding hydrogens is 409 g/mol. The zero-order valence-corrected chi connectivity index (χ0v) is 16.8. The van der Waals surface area contributed by atoms with Gasteiger partial charge in [-0.25, -0.2) is 0 Å². The van der Waals surface area contributed by atoms with E-state index in [1.165, 1.54) is 17.0 Å². The van der Waals surface area contributed by atoms with Crippen LogP contribution < -0.4 is 4.90 Å². The minimum absolute atomic E-state index is 0.186. The van der Waals surface area contributed by atoms with E-state index in [1.807, 2.05) is 30.3 Å². The van der Waals surface area contributed by atoms with Crippen LogP contribution in [0.25, 0.3) is 0 Å². The van der Waals surface area contributed by atoms with E-state index >= 15 is 0 Å². The number of halogens is 2. The summed E-state index contributed by atoms with van der Waals surface area (Å²) >= 11 is 12.0. The Bertz CT molecular complexity index is 1100. The SMILES string of the molecule is O=C(CC1(O)C(=O)N(Cc2ccccc2)c2ccccc21)c1ccc(Cl)cc1Cl. The quantitative estimate of drug-likeness (QED) is 0.585. The van der Waals surface area contributed by atoms with Crippen molar-refractivity contribution >= 4 is 40.6 Å². The first-order valence-corrected chi connectivity index (χ1v) is 9.82. The van der Waals surface area contributed by atoms with Gasteiger partial charge in [-0.15, -0.1) is 0 Å². The van der Waals surface area contributed by atoms with E-state index < -0.39 is 23.7 Å². The Hall–Kier alpha value is -2.66. The molecule has 1 atom stereocenters. The maximum absolute atomic E-state index is 13.3. The van der Waals surface area contributed by atoms with Gasteiger partial charge in [-0.2, -0.15) is 0 Å². The molecule has 1 heterocycles. The summed E-state index contributed by atoms with van der Waals surface area (Å²) in [5.74, 6) is -0.958. The second kappa shape index (κ2) is 7.64. The van der Waals surface area contributed by atoms with Gasteiger partial charge in [-0.3, -0.25) is 9.59 Å². The number of carbonyl (C=O) groups excluding carboxylic acids is 2. The Balaban J connectivity index is 1.69. The van der Waals surface area contributed by atoms with Gasteiger partial charge in [0.2, 0.25) is 0 Å². The molecule has 0 aliphatic carbocycles. The second-order valence-corrected chi connectivity index (χ2v) is 7.82. The van der Waals surface area contributed by atoms with E-state index in [4.69, 9.17) is 23.2 Å². The predicted molar refractivity (Wildman–Crippen MR) is 113 cm³/mol. The van der Waals surface area contributed by atoms with Gasteiger partial charge in [0.05, 0.1) is 23.7 Å². The summed E-state index contributed by atoms with van der Waals surface area (Å²) in [6, 6.07) is 21.0. The van der Waals surface area contributed by atoms with E-state index in [1.54, 1.807) is 30.3 Å². The lowest BCUT2D eigenvalue weighted by Crippen LogP contribution is -2.41. The van der Waals surface area contributed by atoms with Gasteiger partial charge in [0.15, 0.2) is 11.4 Å². The zero-order valence-electron chi connectivity index (χ0n) is 15.3. The molecule has 0 spiro atoms. The fourth-order valence-electron chi connectivity index (χ4n) is 3.64. The van der Waals surface area contributed by atoms with Crippen molar-refractivity contribution in [2.75, 3.05) is 4.90 Å². The number of hydrogen-bond acceptors (Lipinski definition) is 3. The molecule has 1 unspecified atom stereocenters. The van der Waals surface area contributed by atoms with Crippen LogP contribution in [0.1, 0.15) is 27.9 Å². The minimum atomic E-state index is -1.95. The van der Waals surface area contributed by atoms with Crippen LogP contribution in [0.3, 0.4) is 0 Å². The molecule has 4 nitrogen and oxygen atoms in total. The number of nitrogens with zero attached hydrogens (tertiary/aromatic N) is 1. The predicted octanol–water partition coefficient (Wildman–Crippen LogP) is 5.00. The lowest BCUT2D eigenvalue weighted by molar-refractivity contribution is -0.136. The van der Waals surface area contributed by atoms with Gasteiger partial charge in [-0.05, 0) is 29.8 Å². The largest absolute Gasteiger partial charge is 0.375 e. The van der Waals surface area contributed by atoms with Gasteiger partial charge in [-0.1, -0.05) is 71.7 Å². The summed E-state index contributed by atoms with van der Waals surface area (Å²) < 4.78 is 0. The molecule has 1 N–H and O–H groups in total. The molecule has 29 heavy (non-hydrogen) atoms. The van der Waals surface area contributed by atoms with Crippen molar-refractivity contribution in [1.29, 1.82) is 0 Å². The van der Waals surface area contributed by atoms with E-state index in [9.17, 15) is 14.7 Å². The Kier molecular flexibility index (Phi) is 5.17. The highest BCUT2D eigenvalue weighted by Gasteiger charge is 2.50. The number of carbonyl (C=O) groups is 2. The highest BCUT2D eigenvalue weighted by molar-refractivity contribution is 6.37. The summed E-state index contributed by atoms with van der Waals surface area (Å²) in [6.45, 7) is 0.300. The number of amides is 1. The van der Waals surface area contributed by atoms with Gasteiger partial charge < -0.3 is 10.0 Å². The van der Waals surface area contributed by atoms with Crippen molar-refractivity contribution in [3.63, 3.8) is 0 Å².